The molecule has 0 atom stereocenters. The summed E-state index contributed by atoms with van der Waals surface area (Å²) < 4.78 is 10.2. The number of nitrogens with zero attached hydrogens (tertiary/aromatic N) is 2. The van der Waals surface area contributed by atoms with Gasteiger partial charge in [0.15, 0.2) is 0 Å². The molecule has 0 bridgehead atoms. The van der Waals surface area contributed by atoms with E-state index in [0.717, 1.165) is 42.9 Å². The van der Waals surface area contributed by atoms with Gasteiger partial charge in [-0.05, 0) is 37.6 Å². The zero-order valence-corrected chi connectivity index (χ0v) is 15.2. The first-order valence-corrected chi connectivity index (χ1v) is 8.82. The fourth-order valence-electron chi connectivity index (χ4n) is 3.19. The molecule has 2 heterocycles. The van der Waals surface area contributed by atoms with E-state index in [9.17, 15) is 9.59 Å². The molecule has 1 aromatic carbocycles. The summed E-state index contributed by atoms with van der Waals surface area (Å²) in [7, 11) is 1.33. The standard InChI is InChI=1S/C20H24N2O4/c1-15-5-3-6-16(13-15)19(23)22-10-4-9-21(11-12-22)14-17-7-8-18(26-17)20(24)25-2/h3,5-8,13H,4,9-12,14H2,1-2H3. The highest BCUT2D eigenvalue weighted by atomic mass is 16.5. The van der Waals surface area contributed by atoms with Crippen LogP contribution < -0.4 is 0 Å². The van der Waals surface area contributed by atoms with Crippen molar-refractivity contribution in [2.24, 2.45) is 0 Å². The first-order valence-electron chi connectivity index (χ1n) is 8.82. The van der Waals surface area contributed by atoms with Crippen molar-refractivity contribution in [1.29, 1.82) is 0 Å². The second kappa shape index (κ2) is 8.19. The third-order valence-electron chi connectivity index (χ3n) is 4.57. The van der Waals surface area contributed by atoms with Crippen molar-refractivity contribution in [3.8, 4) is 0 Å². The summed E-state index contributed by atoms with van der Waals surface area (Å²) >= 11 is 0. The molecular formula is C20H24N2O4. The number of ether oxygens (including phenoxy) is 1. The van der Waals surface area contributed by atoms with Gasteiger partial charge in [0.1, 0.15) is 5.76 Å². The summed E-state index contributed by atoms with van der Waals surface area (Å²) in [5.41, 5.74) is 1.83. The van der Waals surface area contributed by atoms with Crippen LogP contribution in [0.3, 0.4) is 0 Å². The fraction of sp³-hybridized carbons (Fsp3) is 0.400. The maximum absolute atomic E-state index is 12.7. The van der Waals surface area contributed by atoms with E-state index in [1.54, 1.807) is 12.1 Å². The Bertz CT molecular complexity index is 784. The van der Waals surface area contributed by atoms with E-state index >= 15 is 0 Å². The minimum atomic E-state index is -0.470. The van der Waals surface area contributed by atoms with E-state index in [1.165, 1.54) is 7.11 Å². The largest absolute Gasteiger partial charge is 0.463 e. The summed E-state index contributed by atoms with van der Waals surface area (Å²) in [6.07, 6.45) is 0.905. The average molecular weight is 356 g/mol. The molecule has 0 radical (unpaired) electrons. The van der Waals surface area contributed by atoms with Crippen LogP contribution in [0.5, 0.6) is 0 Å². The molecule has 2 aromatic rings. The van der Waals surface area contributed by atoms with Gasteiger partial charge in [0.25, 0.3) is 5.91 Å². The van der Waals surface area contributed by atoms with Crippen LogP contribution in [0, 0.1) is 6.92 Å². The molecule has 1 aromatic heterocycles. The van der Waals surface area contributed by atoms with Crippen LogP contribution in [0.4, 0.5) is 0 Å². The number of hydrogen-bond donors (Lipinski definition) is 0. The number of rotatable bonds is 4. The summed E-state index contributed by atoms with van der Waals surface area (Å²) in [5, 5.41) is 0. The van der Waals surface area contributed by atoms with Gasteiger partial charge >= 0.3 is 5.97 Å². The summed E-state index contributed by atoms with van der Waals surface area (Å²) in [6.45, 7) is 5.68. The summed E-state index contributed by atoms with van der Waals surface area (Å²) in [5.74, 6) is 0.556. The quantitative estimate of drug-likeness (QED) is 0.788. The lowest BCUT2D eigenvalue weighted by Gasteiger charge is -2.21. The second-order valence-electron chi connectivity index (χ2n) is 6.55. The van der Waals surface area contributed by atoms with Gasteiger partial charge in [-0.1, -0.05) is 17.7 Å². The molecule has 1 amide bonds. The number of furan rings is 1. The van der Waals surface area contributed by atoms with Crippen molar-refractivity contribution in [2.75, 3.05) is 33.3 Å². The number of carbonyl (C=O) groups is 2. The molecule has 3 rings (SSSR count). The predicted octanol–water partition coefficient (Wildman–Crippen LogP) is 2.72. The molecule has 6 nitrogen and oxygen atoms in total. The smallest absolute Gasteiger partial charge is 0.373 e. The van der Waals surface area contributed by atoms with Gasteiger partial charge in [-0.25, -0.2) is 4.79 Å². The lowest BCUT2D eigenvalue weighted by Crippen LogP contribution is -2.35. The van der Waals surface area contributed by atoms with Gasteiger partial charge in [-0.2, -0.15) is 0 Å². The van der Waals surface area contributed by atoms with Crippen LogP contribution in [0.2, 0.25) is 0 Å². The minimum absolute atomic E-state index is 0.0847. The van der Waals surface area contributed by atoms with E-state index in [2.05, 4.69) is 9.64 Å². The Morgan fingerprint density at radius 3 is 2.73 bits per heavy atom. The van der Waals surface area contributed by atoms with Crippen molar-refractivity contribution in [3.05, 3.63) is 59.0 Å². The summed E-state index contributed by atoms with van der Waals surface area (Å²) in [4.78, 5) is 28.3. The van der Waals surface area contributed by atoms with Gasteiger partial charge in [0, 0.05) is 31.7 Å². The number of benzene rings is 1. The minimum Gasteiger partial charge on any atom is -0.463 e. The van der Waals surface area contributed by atoms with Gasteiger partial charge in [-0.3, -0.25) is 9.69 Å². The Kier molecular flexibility index (Phi) is 5.73. The van der Waals surface area contributed by atoms with E-state index in [-0.39, 0.29) is 11.7 Å². The fourth-order valence-corrected chi connectivity index (χ4v) is 3.19. The maximum atomic E-state index is 12.7. The van der Waals surface area contributed by atoms with Crippen molar-refractivity contribution >= 4 is 11.9 Å². The first-order chi connectivity index (χ1) is 12.6. The van der Waals surface area contributed by atoms with E-state index < -0.39 is 5.97 Å². The SMILES string of the molecule is COC(=O)c1ccc(CN2CCCN(C(=O)c3cccc(C)c3)CC2)o1. The lowest BCUT2D eigenvalue weighted by molar-refractivity contribution is 0.0560. The lowest BCUT2D eigenvalue weighted by atomic mass is 10.1. The van der Waals surface area contributed by atoms with Gasteiger partial charge in [0.05, 0.1) is 13.7 Å². The number of aryl methyl sites for hydroxylation is 1. The molecule has 0 N–H and O–H groups in total. The van der Waals surface area contributed by atoms with Crippen LogP contribution in [0.15, 0.2) is 40.8 Å². The Labute approximate surface area is 153 Å². The zero-order chi connectivity index (χ0) is 18.5. The molecule has 0 spiro atoms. The van der Waals surface area contributed by atoms with Crippen LogP contribution in [-0.2, 0) is 11.3 Å². The van der Waals surface area contributed by atoms with E-state index in [0.29, 0.717) is 13.1 Å². The molecule has 1 saturated heterocycles. The van der Waals surface area contributed by atoms with Gasteiger partial charge in [0.2, 0.25) is 5.76 Å². The topological polar surface area (TPSA) is 63.0 Å². The predicted molar refractivity (Wildman–Crippen MR) is 97.0 cm³/mol. The molecule has 138 valence electrons. The first kappa shape index (κ1) is 18.2. The molecule has 1 fully saturated rings. The van der Waals surface area contributed by atoms with Crippen molar-refractivity contribution in [3.63, 3.8) is 0 Å². The highest BCUT2D eigenvalue weighted by Crippen LogP contribution is 2.15. The molecule has 0 saturated carbocycles. The zero-order valence-electron chi connectivity index (χ0n) is 15.2. The maximum Gasteiger partial charge on any atom is 0.373 e. The van der Waals surface area contributed by atoms with Crippen molar-refractivity contribution in [1.82, 2.24) is 9.80 Å². The number of methoxy groups -OCH3 is 1. The van der Waals surface area contributed by atoms with Gasteiger partial charge in [-0.15, -0.1) is 0 Å². The van der Waals surface area contributed by atoms with Crippen LogP contribution in [0.1, 0.15) is 38.7 Å². The van der Waals surface area contributed by atoms with Crippen LogP contribution in [-0.4, -0.2) is 55.0 Å². The highest BCUT2D eigenvalue weighted by molar-refractivity contribution is 5.94. The molecule has 26 heavy (non-hydrogen) atoms. The number of esters is 1. The van der Waals surface area contributed by atoms with Gasteiger partial charge < -0.3 is 14.1 Å². The Morgan fingerprint density at radius 2 is 1.96 bits per heavy atom. The van der Waals surface area contributed by atoms with E-state index in [1.807, 2.05) is 36.1 Å². The Balaban J connectivity index is 1.59. The monoisotopic (exact) mass is 356 g/mol. The van der Waals surface area contributed by atoms with Crippen molar-refractivity contribution in [2.45, 2.75) is 19.9 Å². The normalized spacial score (nSPS) is 15.5. The average Bonchev–Trinajstić information content (AvgIpc) is 2.98. The van der Waals surface area contributed by atoms with Crippen molar-refractivity contribution < 1.29 is 18.7 Å². The number of hydrogen-bond acceptors (Lipinski definition) is 5. The number of amides is 1. The molecule has 6 heteroatoms. The third-order valence-corrected chi connectivity index (χ3v) is 4.57. The third kappa shape index (κ3) is 4.32. The molecule has 1 aliphatic heterocycles. The highest BCUT2D eigenvalue weighted by Gasteiger charge is 2.21. The Hall–Kier alpha value is -2.60. The molecular weight excluding hydrogens is 332 g/mol. The van der Waals surface area contributed by atoms with E-state index in [4.69, 9.17) is 4.42 Å². The second-order valence-corrected chi connectivity index (χ2v) is 6.55. The van der Waals surface area contributed by atoms with Crippen LogP contribution >= 0.6 is 0 Å². The molecule has 1 aliphatic rings. The number of carbonyl (C=O) groups excluding carboxylic acids is 2. The van der Waals surface area contributed by atoms with Crippen LogP contribution in [0.25, 0.3) is 0 Å². The summed E-state index contributed by atoms with van der Waals surface area (Å²) in [6, 6.07) is 11.1. The molecule has 0 aliphatic carbocycles. The molecule has 0 unspecified atom stereocenters. The Morgan fingerprint density at radius 1 is 1.12 bits per heavy atom.